The van der Waals surface area contributed by atoms with Crippen molar-refractivity contribution in [2.45, 2.75) is 30.5 Å². The van der Waals surface area contributed by atoms with Gasteiger partial charge in [-0.3, -0.25) is 4.57 Å². The van der Waals surface area contributed by atoms with Crippen LogP contribution >= 0.6 is 11.8 Å². The van der Waals surface area contributed by atoms with Gasteiger partial charge in [-0.15, -0.1) is 5.10 Å². The summed E-state index contributed by atoms with van der Waals surface area (Å²) in [6, 6.07) is 7.81. The number of anilines is 1. The molecule has 0 unspecified atom stereocenters. The second kappa shape index (κ2) is 6.26. The van der Waals surface area contributed by atoms with Gasteiger partial charge in [0.2, 0.25) is 0 Å². The number of benzene rings is 1. The highest BCUT2D eigenvalue weighted by Gasteiger charge is 2.28. The summed E-state index contributed by atoms with van der Waals surface area (Å²) in [5.41, 5.74) is 6.36. The topological polar surface area (TPSA) is 85.9 Å². The Labute approximate surface area is 126 Å². The third-order valence-electron chi connectivity index (χ3n) is 3.28. The average Bonchev–Trinajstić information content (AvgIpc) is 3.25. The number of aromatic nitrogens is 3. The fourth-order valence-electron chi connectivity index (χ4n) is 2.06. The van der Waals surface area contributed by atoms with E-state index in [4.69, 9.17) is 10.5 Å². The lowest BCUT2D eigenvalue weighted by atomic mass is 10.3. The van der Waals surface area contributed by atoms with Gasteiger partial charge in [-0.25, -0.2) is 9.89 Å². The molecule has 0 radical (unpaired) electrons. The van der Waals surface area contributed by atoms with E-state index < -0.39 is 0 Å². The first-order chi connectivity index (χ1) is 10.3. The van der Waals surface area contributed by atoms with Crippen molar-refractivity contribution in [1.29, 1.82) is 0 Å². The van der Waals surface area contributed by atoms with Crippen molar-refractivity contribution >= 4 is 17.4 Å². The van der Waals surface area contributed by atoms with E-state index >= 15 is 0 Å². The molecule has 6 nitrogen and oxygen atoms in total. The van der Waals surface area contributed by atoms with Gasteiger partial charge >= 0.3 is 5.69 Å². The smallest absolute Gasteiger partial charge is 0.344 e. The molecule has 0 amide bonds. The number of H-pyrrole nitrogens is 1. The minimum Gasteiger partial charge on any atom is -0.491 e. The maximum atomic E-state index is 11.6. The molecular weight excluding hydrogens is 288 g/mol. The van der Waals surface area contributed by atoms with Crippen LogP contribution in [0, 0.1) is 0 Å². The highest BCUT2D eigenvalue weighted by molar-refractivity contribution is 7.99. The van der Waals surface area contributed by atoms with Crippen LogP contribution in [0.5, 0.6) is 5.75 Å². The summed E-state index contributed by atoms with van der Waals surface area (Å²) in [4.78, 5) is 11.6. The van der Waals surface area contributed by atoms with Crippen molar-refractivity contribution in [1.82, 2.24) is 14.8 Å². The fraction of sp³-hybridized carbons (Fsp3) is 0.429. The van der Waals surface area contributed by atoms with Gasteiger partial charge in [0.05, 0.1) is 12.3 Å². The number of nitrogen functional groups attached to an aromatic ring is 1. The number of aromatic amines is 1. The lowest BCUT2D eigenvalue weighted by Gasteiger charge is -2.08. The second-order valence-electron chi connectivity index (χ2n) is 5.00. The van der Waals surface area contributed by atoms with E-state index in [9.17, 15) is 4.79 Å². The summed E-state index contributed by atoms with van der Waals surface area (Å²) in [5, 5.41) is 7.38. The van der Waals surface area contributed by atoms with Gasteiger partial charge in [0.25, 0.3) is 0 Å². The summed E-state index contributed by atoms with van der Waals surface area (Å²) in [6.45, 7) is 0.597. The molecule has 1 saturated carbocycles. The number of rotatable bonds is 7. The third kappa shape index (κ3) is 3.41. The number of para-hydroxylation sites is 2. The highest BCUT2D eigenvalue weighted by Crippen LogP contribution is 2.36. The minimum absolute atomic E-state index is 0.103. The predicted octanol–water partition coefficient (Wildman–Crippen LogP) is 2.05. The molecule has 0 aliphatic heterocycles. The number of ether oxygens (including phenoxy) is 1. The minimum atomic E-state index is -0.103. The first-order valence-electron chi connectivity index (χ1n) is 7.02. The van der Waals surface area contributed by atoms with Gasteiger partial charge in [0.15, 0.2) is 5.16 Å². The van der Waals surface area contributed by atoms with Crippen LogP contribution in [-0.2, 0) is 0 Å². The van der Waals surface area contributed by atoms with Gasteiger partial charge in [0.1, 0.15) is 5.75 Å². The molecule has 3 N–H and O–H groups in total. The van der Waals surface area contributed by atoms with Crippen molar-refractivity contribution in [3.8, 4) is 5.75 Å². The SMILES string of the molecule is Nc1ccccc1OCCCSc1n[nH]c(=O)n1C1CC1. The molecule has 1 aliphatic rings. The molecular formula is C14H18N4O2S. The average molecular weight is 306 g/mol. The van der Waals surface area contributed by atoms with E-state index in [-0.39, 0.29) is 5.69 Å². The molecule has 1 heterocycles. The molecule has 1 aromatic carbocycles. The van der Waals surface area contributed by atoms with Crippen molar-refractivity contribution < 1.29 is 4.74 Å². The van der Waals surface area contributed by atoms with Crippen LogP contribution in [0.1, 0.15) is 25.3 Å². The predicted molar refractivity (Wildman–Crippen MR) is 82.8 cm³/mol. The lowest BCUT2D eigenvalue weighted by molar-refractivity contribution is 0.320. The standard InChI is InChI=1S/C14H18N4O2S/c15-11-4-1-2-5-12(11)20-8-3-9-21-14-17-16-13(19)18(14)10-6-7-10/h1-2,4-5,10H,3,6-9,15H2,(H,16,19). The zero-order valence-electron chi connectivity index (χ0n) is 11.6. The Bertz CT molecular complexity index is 663. The fourth-order valence-corrected chi connectivity index (χ4v) is 2.99. The molecule has 1 aliphatic carbocycles. The van der Waals surface area contributed by atoms with Crippen LogP contribution in [0.25, 0.3) is 0 Å². The number of hydrogen-bond acceptors (Lipinski definition) is 5. The van der Waals surface area contributed by atoms with E-state index in [0.29, 0.717) is 18.3 Å². The summed E-state index contributed by atoms with van der Waals surface area (Å²) in [5.74, 6) is 1.57. The van der Waals surface area contributed by atoms with Gasteiger partial charge in [0, 0.05) is 11.8 Å². The van der Waals surface area contributed by atoms with Gasteiger partial charge in [-0.2, -0.15) is 0 Å². The Morgan fingerprint density at radius 2 is 2.24 bits per heavy atom. The molecule has 0 spiro atoms. The van der Waals surface area contributed by atoms with Gasteiger partial charge in [-0.1, -0.05) is 23.9 Å². The third-order valence-corrected chi connectivity index (χ3v) is 4.32. The van der Waals surface area contributed by atoms with Crippen LogP contribution < -0.4 is 16.2 Å². The molecule has 21 heavy (non-hydrogen) atoms. The number of nitrogens with two attached hydrogens (primary N) is 1. The Kier molecular flexibility index (Phi) is 4.19. The monoisotopic (exact) mass is 306 g/mol. The van der Waals surface area contributed by atoms with Gasteiger partial charge in [-0.05, 0) is 31.4 Å². The molecule has 0 bridgehead atoms. The number of nitrogens with one attached hydrogen (secondary N) is 1. The quantitative estimate of drug-likeness (QED) is 0.464. The van der Waals surface area contributed by atoms with Crippen molar-refractivity contribution in [3.63, 3.8) is 0 Å². The Balaban J connectivity index is 1.45. The van der Waals surface area contributed by atoms with E-state index in [1.165, 1.54) is 0 Å². The maximum Gasteiger partial charge on any atom is 0.344 e. The number of thioether (sulfide) groups is 1. The van der Waals surface area contributed by atoms with E-state index in [1.807, 2.05) is 24.3 Å². The van der Waals surface area contributed by atoms with Crippen molar-refractivity contribution in [3.05, 3.63) is 34.7 Å². The maximum absolute atomic E-state index is 11.6. The summed E-state index contributed by atoms with van der Waals surface area (Å²) < 4.78 is 7.40. The van der Waals surface area contributed by atoms with Gasteiger partial charge < -0.3 is 10.5 Å². The first kappa shape index (κ1) is 14.1. The van der Waals surface area contributed by atoms with E-state index in [0.717, 1.165) is 35.9 Å². The summed E-state index contributed by atoms with van der Waals surface area (Å²) in [7, 11) is 0. The molecule has 1 aromatic heterocycles. The second-order valence-corrected chi connectivity index (χ2v) is 6.06. The first-order valence-corrected chi connectivity index (χ1v) is 8.01. The number of nitrogens with zero attached hydrogens (tertiary/aromatic N) is 2. The zero-order chi connectivity index (χ0) is 14.7. The molecule has 1 fully saturated rings. The summed E-state index contributed by atoms with van der Waals surface area (Å²) in [6.07, 6.45) is 3.01. The van der Waals surface area contributed by atoms with Crippen LogP contribution in [0.2, 0.25) is 0 Å². The molecule has 7 heteroatoms. The normalized spacial score (nSPS) is 14.3. The van der Waals surface area contributed by atoms with Crippen molar-refractivity contribution in [2.24, 2.45) is 0 Å². The Morgan fingerprint density at radius 3 is 3.00 bits per heavy atom. The number of hydrogen-bond donors (Lipinski definition) is 2. The molecule has 3 rings (SSSR count). The summed E-state index contributed by atoms with van der Waals surface area (Å²) >= 11 is 1.58. The van der Waals surface area contributed by atoms with Crippen LogP contribution in [0.3, 0.4) is 0 Å². The molecule has 112 valence electrons. The van der Waals surface area contributed by atoms with Crippen LogP contribution in [-0.4, -0.2) is 27.1 Å². The van der Waals surface area contributed by atoms with Crippen LogP contribution in [0.15, 0.2) is 34.2 Å². The van der Waals surface area contributed by atoms with E-state index in [2.05, 4.69) is 10.2 Å². The largest absolute Gasteiger partial charge is 0.491 e. The Morgan fingerprint density at radius 1 is 1.43 bits per heavy atom. The molecule has 0 atom stereocenters. The highest BCUT2D eigenvalue weighted by atomic mass is 32.2. The molecule has 2 aromatic rings. The van der Waals surface area contributed by atoms with E-state index in [1.54, 1.807) is 16.3 Å². The Hall–Kier alpha value is -1.89. The zero-order valence-corrected chi connectivity index (χ0v) is 12.4. The molecule has 0 saturated heterocycles. The lowest BCUT2D eigenvalue weighted by Crippen LogP contribution is -2.16. The van der Waals surface area contributed by atoms with Crippen LogP contribution in [0.4, 0.5) is 5.69 Å². The van der Waals surface area contributed by atoms with Crippen molar-refractivity contribution in [2.75, 3.05) is 18.1 Å².